The lowest BCUT2D eigenvalue weighted by molar-refractivity contribution is -0.122. The summed E-state index contributed by atoms with van der Waals surface area (Å²) < 4.78 is 4.97. The number of amides is 1. The minimum Gasteiger partial charge on any atom is -0.392 e. The number of thiocarbonyl (C=S) groups is 1. The van der Waals surface area contributed by atoms with Crippen molar-refractivity contribution in [2.45, 2.75) is 33.2 Å². The molecule has 0 aliphatic carbocycles. The Balaban J connectivity index is 4.15. The first-order chi connectivity index (χ1) is 7.38. The number of nitrogens with two attached hydrogens (primary N) is 1. The molecule has 0 bridgehead atoms. The first-order valence-corrected chi connectivity index (χ1v) is 5.86. The van der Waals surface area contributed by atoms with Crippen LogP contribution in [0, 0.1) is 11.8 Å². The minimum atomic E-state index is -0.225. The van der Waals surface area contributed by atoms with Crippen LogP contribution in [0.15, 0.2) is 0 Å². The maximum Gasteiger partial charge on any atom is 0.220 e. The molecule has 0 radical (unpaired) electrons. The maximum absolute atomic E-state index is 11.7. The maximum atomic E-state index is 11.7. The van der Waals surface area contributed by atoms with E-state index in [1.165, 1.54) is 0 Å². The van der Waals surface area contributed by atoms with Gasteiger partial charge in [-0.3, -0.25) is 4.79 Å². The van der Waals surface area contributed by atoms with Crippen molar-refractivity contribution in [3.63, 3.8) is 0 Å². The van der Waals surface area contributed by atoms with Crippen LogP contribution >= 0.6 is 12.2 Å². The van der Waals surface area contributed by atoms with Crippen molar-refractivity contribution in [2.24, 2.45) is 17.6 Å². The van der Waals surface area contributed by atoms with Crippen molar-refractivity contribution >= 4 is 23.1 Å². The number of rotatable bonds is 7. The quantitative estimate of drug-likeness (QED) is 0.660. The normalized spacial score (nSPS) is 14.6. The fourth-order valence-corrected chi connectivity index (χ4v) is 1.79. The van der Waals surface area contributed by atoms with Crippen LogP contribution < -0.4 is 11.1 Å². The average Bonchev–Trinajstić information content (AvgIpc) is 2.13. The summed E-state index contributed by atoms with van der Waals surface area (Å²) in [5.74, 6) is 0.374. The van der Waals surface area contributed by atoms with Gasteiger partial charge < -0.3 is 15.8 Å². The molecule has 0 heterocycles. The van der Waals surface area contributed by atoms with E-state index in [0.29, 0.717) is 18.0 Å². The van der Waals surface area contributed by atoms with E-state index in [0.717, 1.165) is 0 Å². The molecule has 0 spiro atoms. The molecule has 94 valence electrons. The van der Waals surface area contributed by atoms with Gasteiger partial charge in [-0.25, -0.2) is 0 Å². The molecule has 4 nitrogen and oxygen atoms in total. The van der Waals surface area contributed by atoms with Crippen molar-refractivity contribution in [3.05, 3.63) is 0 Å². The predicted octanol–water partition coefficient (Wildman–Crippen LogP) is 1.09. The first-order valence-electron chi connectivity index (χ1n) is 5.46. The van der Waals surface area contributed by atoms with Crippen LogP contribution in [0.3, 0.4) is 0 Å². The van der Waals surface area contributed by atoms with Gasteiger partial charge in [0.15, 0.2) is 0 Å². The Bertz CT molecular complexity index is 244. The average molecular weight is 246 g/mol. The third-order valence-corrected chi connectivity index (χ3v) is 2.53. The number of methoxy groups -OCH3 is 1. The summed E-state index contributed by atoms with van der Waals surface area (Å²) in [5.41, 5.74) is 5.57. The lowest BCUT2D eigenvalue weighted by Gasteiger charge is -2.21. The second-order valence-electron chi connectivity index (χ2n) is 4.46. The van der Waals surface area contributed by atoms with Crippen LogP contribution in [-0.4, -0.2) is 30.7 Å². The molecule has 0 aliphatic heterocycles. The SMILES string of the molecule is COCC(C)CC(=O)NC(C(N)=S)C(C)C. The smallest absolute Gasteiger partial charge is 0.220 e. The van der Waals surface area contributed by atoms with E-state index in [9.17, 15) is 4.79 Å². The minimum absolute atomic E-state index is 0.0314. The zero-order valence-corrected chi connectivity index (χ0v) is 11.3. The van der Waals surface area contributed by atoms with Gasteiger partial charge >= 0.3 is 0 Å². The third kappa shape index (κ3) is 6.02. The van der Waals surface area contributed by atoms with E-state index in [4.69, 9.17) is 22.7 Å². The van der Waals surface area contributed by atoms with Crippen molar-refractivity contribution < 1.29 is 9.53 Å². The zero-order valence-electron chi connectivity index (χ0n) is 10.4. The largest absolute Gasteiger partial charge is 0.392 e. The second-order valence-corrected chi connectivity index (χ2v) is 4.93. The van der Waals surface area contributed by atoms with Crippen molar-refractivity contribution in [2.75, 3.05) is 13.7 Å². The Morgan fingerprint density at radius 3 is 2.38 bits per heavy atom. The molecule has 0 saturated heterocycles. The van der Waals surface area contributed by atoms with Gasteiger partial charge in [-0.05, 0) is 11.8 Å². The van der Waals surface area contributed by atoms with Gasteiger partial charge in [0.25, 0.3) is 0 Å². The second kappa shape index (κ2) is 7.57. The molecule has 2 atom stereocenters. The molecule has 0 saturated carbocycles. The lowest BCUT2D eigenvalue weighted by Crippen LogP contribution is -2.47. The summed E-state index contributed by atoms with van der Waals surface area (Å²) in [5, 5.41) is 2.84. The fraction of sp³-hybridized carbons (Fsp3) is 0.818. The third-order valence-electron chi connectivity index (χ3n) is 2.27. The summed E-state index contributed by atoms with van der Waals surface area (Å²) in [6, 6.07) is -0.225. The highest BCUT2D eigenvalue weighted by molar-refractivity contribution is 7.80. The van der Waals surface area contributed by atoms with E-state index in [1.807, 2.05) is 20.8 Å². The molecule has 0 aliphatic rings. The fourth-order valence-electron chi connectivity index (χ4n) is 1.46. The highest BCUT2D eigenvalue weighted by Gasteiger charge is 2.19. The van der Waals surface area contributed by atoms with Crippen LogP contribution in [0.2, 0.25) is 0 Å². The molecule has 5 heteroatoms. The van der Waals surface area contributed by atoms with Gasteiger partial charge in [0.2, 0.25) is 5.91 Å². The molecule has 0 fully saturated rings. The highest BCUT2D eigenvalue weighted by atomic mass is 32.1. The Hall–Kier alpha value is -0.680. The van der Waals surface area contributed by atoms with E-state index in [-0.39, 0.29) is 23.8 Å². The first kappa shape index (κ1) is 15.3. The van der Waals surface area contributed by atoms with Crippen LogP contribution in [0.5, 0.6) is 0 Å². The van der Waals surface area contributed by atoms with Crippen molar-refractivity contribution in [3.8, 4) is 0 Å². The molecule has 0 aromatic rings. The number of ether oxygens (including phenoxy) is 1. The van der Waals surface area contributed by atoms with Crippen LogP contribution in [0.25, 0.3) is 0 Å². The number of hydrogen-bond donors (Lipinski definition) is 2. The van der Waals surface area contributed by atoms with Gasteiger partial charge in [-0.2, -0.15) is 0 Å². The predicted molar refractivity (Wildman–Crippen MR) is 69.2 cm³/mol. The summed E-state index contributed by atoms with van der Waals surface area (Å²) >= 11 is 4.91. The van der Waals surface area contributed by atoms with Gasteiger partial charge in [-0.1, -0.05) is 33.0 Å². The van der Waals surface area contributed by atoms with Crippen molar-refractivity contribution in [1.82, 2.24) is 5.32 Å². The molecular formula is C11H22N2O2S. The van der Waals surface area contributed by atoms with E-state index < -0.39 is 0 Å². The van der Waals surface area contributed by atoms with Gasteiger partial charge in [0.1, 0.15) is 0 Å². The van der Waals surface area contributed by atoms with Crippen LogP contribution in [0.4, 0.5) is 0 Å². The Morgan fingerprint density at radius 2 is 2.00 bits per heavy atom. The number of hydrogen-bond acceptors (Lipinski definition) is 3. The standard InChI is InChI=1S/C11H22N2O2S/c1-7(2)10(11(12)16)13-9(14)5-8(3)6-15-4/h7-8,10H,5-6H2,1-4H3,(H2,12,16)(H,13,14). The van der Waals surface area contributed by atoms with E-state index >= 15 is 0 Å². The van der Waals surface area contributed by atoms with Gasteiger partial charge in [0.05, 0.1) is 11.0 Å². The Kier molecular flexibility index (Phi) is 7.25. The summed E-state index contributed by atoms with van der Waals surface area (Å²) in [7, 11) is 1.63. The molecule has 2 unspecified atom stereocenters. The number of carbonyl (C=O) groups excluding carboxylic acids is 1. The highest BCUT2D eigenvalue weighted by Crippen LogP contribution is 2.05. The van der Waals surface area contributed by atoms with Crippen LogP contribution in [0.1, 0.15) is 27.2 Å². The monoisotopic (exact) mass is 246 g/mol. The summed E-state index contributed by atoms with van der Waals surface area (Å²) in [6.45, 7) is 6.49. The molecule has 1 amide bonds. The number of carbonyl (C=O) groups is 1. The molecule has 16 heavy (non-hydrogen) atoms. The Morgan fingerprint density at radius 1 is 1.44 bits per heavy atom. The molecule has 0 rings (SSSR count). The van der Waals surface area contributed by atoms with E-state index in [2.05, 4.69) is 5.32 Å². The zero-order chi connectivity index (χ0) is 12.7. The molecular weight excluding hydrogens is 224 g/mol. The lowest BCUT2D eigenvalue weighted by atomic mass is 10.0. The molecule has 0 aromatic carbocycles. The van der Waals surface area contributed by atoms with E-state index in [1.54, 1.807) is 7.11 Å². The molecule has 3 N–H and O–H groups in total. The van der Waals surface area contributed by atoms with Crippen molar-refractivity contribution in [1.29, 1.82) is 0 Å². The molecule has 0 aromatic heterocycles. The number of nitrogens with one attached hydrogen (secondary N) is 1. The summed E-state index contributed by atoms with van der Waals surface area (Å²) in [4.78, 5) is 12.0. The topological polar surface area (TPSA) is 64.3 Å². The Labute approximate surface area is 103 Å². The van der Waals surface area contributed by atoms with Crippen LogP contribution in [-0.2, 0) is 9.53 Å². The van der Waals surface area contributed by atoms with Gasteiger partial charge in [-0.15, -0.1) is 0 Å². The summed E-state index contributed by atoms with van der Waals surface area (Å²) in [6.07, 6.45) is 0.430. The van der Waals surface area contributed by atoms with Gasteiger partial charge in [0, 0.05) is 20.1 Å².